The highest BCUT2D eigenvalue weighted by molar-refractivity contribution is 6.17. The van der Waals surface area contributed by atoms with Crippen molar-refractivity contribution < 1.29 is 0 Å². The van der Waals surface area contributed by atoms with Gasteiger partial charge in [0.15, 0.2) is 0 Å². The number of fused-ring (bicyclic) bond motifs is 10. The molecule has 0 spiro atoms. The third-order valence-corrected chi connectivity index (χ3v) is 9.02. The molecule has 3 aromatic heterocycles. The van der Waals surface area contributed by atoms with Crippen molar-refractivity contribution >= 4 is 43.6 Å². The maximum atomic E-state index is 4.65. The first kappa shape index (κ1) is 22.6. The molecule has 0 bridgehead atoms. The van der Waals surface area contributed by atoms with Crippen molar-refractivity contribution in [3.05, 3.63) is 133 Å². The summed E-state index contributed by atoms with van der Waals surface area (Å²) >= 11 is 0. The van der Waals surface area contributed by atoms with Crippen LogP contribution in [-0.4, -0.2) is 19.1 Å². The molecule has 0 unspecified atom stereocenters. The lowest BCUT2D eigenvalue weighted by atomic mass is 9.81. The molecule has 4 nitrogen and oxygen atoms in total. The molecule has 1 aliphatic carbocycles. The second-order valence-corrected chi connectivity index (χ2v) is 11.5. The van der Waals surface area contributed by atoms with Crippen LogP contribution in [0.4, 0.5) is 0 Å². The van der Waals surface area contributed by atoms with Gasteiger partial charge in [-0.2, -0.15) is 0 Å². The molecule has 0 radical (unpaired) electrons. The van der Waals surface area contributed by atoms with Crippen molar-refractivity contribution in [2.75, 3.05) is 0 Å². The van der Waals surface area contributed by atoms with Crippen LogP contribution in [0.5, 0.6) is 0 Å². The molecule has 5 aromatic carbocycles. The summed E-state index contributed by atoms with van der Waals surface area (Å²) in [4.78, 5) is 9.30. The topological polar surface area (TPSA) is 35.6 Å². The Kier molecular flexibility index (Phi) is 4.36. The van der Waals surface area contributed by atoms with Crippen molar-refractivity contribution in [3.8, 4) is 22.8 Å². The summed E-state index contributed by atoms with van der Waals surface area (Å²) < 4.78 is 4.70. The van der Waals surface area contributed by atoms with E-state index in [1.54, 1.807) is 0 Å². The zero-order chi connectivity index (χ0) is 27.3. The molecule has 0 fully saturated rings. The first-order valence-corrected chi connectivity index (χ1v) is 14.1. The third kappa shape index (κ3) is 2.84. The van der Waals surface area contributed by atoms with Crippen LogP contribution in [0, 0.1) is 0 Å². The fourth-order valence-corrected chi connectivity index (χ4v) is 7.37. The highest BCUT2D eigenvalue weighted by Gasteiger charge is 2.38. The van der Waals surface area contributed by atoms with Crippen LogP contribution >= 0.6 is 0 Å². The summed E-state index contributed by atoms with van der Waals surface area (Å²) in [6.07, 6.45) is 3.62. The number of nitrogens with zero attached hydrogens (tertiary/aromatic N) is 4. The molecule has 0 atom stereocenters. The first-order valence-electron chi connectivity index (χ1n) is 14.1. The summed E-state index contributed by atoms with van der Waals surface area (Å²) in [5, 5.41) is 4.94. The summed E-state index contributed by atoms with van der Waals surface area (Å²) in [5.74, 6) is 0.676. The van der Waals surface area contributed by atoms with Crippen LogP contribution in [0.15, 0.2) is 122 Å². The van der Waals surface area contributed by atoms with E-state index in [1.165, 1.54) is 60.5 Å². The van der Waals surface area contributed by atoms with Gasteiger partial charge in [-0.25, -0.2) is 9.97 Å². The molecule has 0 saturated carbocycles. The van der Waals surface area contributed by atoms with E-state index in [2.05, 4.69) is 136 Å². The van der Waals surface area contributed by atoms with E-state index < -0.39 is 0 Å². The molecular weight excluding hydrogens is 500 g/mol. The average Bonchev–Trinajstić information content (AvgIpc) is 3.61. The average molecular weight is 527 g/mol. The lowest BCUT2D eigenvalue weighted by molar-refractivity contribution is 0.664. The summed E-state index contributed by atoms with van der Waals surface area (Å²) in [5.41, 5.74) is 11.1. The molecule has 4 heteroatoms. The number of hydrogen-bond acceptors (Lipinski definition) is 2. The molecule has 41 heavy (non-hydrogen) atoms. The molecule has 0 aliphatic heterocycles. The maximum Gasteiger partial charge on any atom is 0.234 e. The zero-order valence-corrected chi connectivity index (χ0v) is 22.8. The summed E-state index contributed by atoms with van der Waals surface area (Å²) in [7, 11) is 0. The lowest BCUT2D eigenvalue weighted by Gasteiger charge is -2.24. The Morgan fingerprint density at radius 3 is 2.05 bits per heavy atom. The predicted molar refractivity (Wildman–Crippen MR) is 168 cm³/mol. The number of rotatable bonds is 2. The van der Waals surface area contributed by atoms with Crippen LogP contribution < -0.4 is 0 Å². The van der Waals surface area contributed by atoms with Gasteiger partial charge in [0.2, 0.25) is 5.95 Å². The van der Waals surface area contributed by atoms with Gasteiger partial charge in [-0.3, -0.25) is 4.57 Å². The Bertz CT molecular complexity index is 2340. The fraction of sp³-hybridized carbons (Fsp3) is 0.0811. The largest absolute Gasteiger partial charge is 0.308 e. The molecular formula is C37H26N4. The van der Waals surface area contributed by atoms with Crippen molar-refractivity contribution in [1.29, 1.82) is 0 Å². The molecule has 0 saturated heterocycles. The van der Waals surface area contributed by atoms with E-state index in [-0.39, 0.29) is 5.41 Å². The van der Waals surface area contributed by atoms with E-state index >= 15 is 0 Å². The number of para-hydroxylation sites is 2. The quantitative estimate of drug-likeness (QED) is 0.225. The normalized spacial score (nSPS) is 13.8. The van der Waals surface area contributed by atoms with Gasteiger partial charge in [0, 0.05) is 39.4 Å². The Morgan fingerprint density at radius 2 is 1.22 bits per heavy atom. The molecule has 194 valence electrons. The van der Waals surface area contributed by atoms with Gasteiger partial charge < -0.3 is 4.57 Å². The van der Waals surface area contributed by atoms with Crippen LogP contribution in [0.3, 0.4) is 0 Å². The van der Waals surface area contributed by atoms with Crippen molar-refractivity contribution in [2.24, 2.45) is 0 Å². The molecule has 0 N–H and O–H groups in total. The highest BCUT2D eigenvalue weighted by Crippen LogP contribution is 2.53. The van der Waals surface area contributed by atoms with Gasteiger partial charge in [-0.05, 0) is 52.6 Å². The SMILES string of the molecule is CC1(C)c2ccccc2-c2ccc3c4ccccc4n(-c4cccc5c4c4ccccc4n5-c4ncccn4)c3c21. The van der Waals surface area contributed by atoms with Crippen molar-refractivity contribution in [3.63, 3.8) is 0 Å². The molecule has 9 rings (SSSR count). The van der Waals surface area contributed by atoms with Crippen LogP contribution in [0.1, 0.15) is 25.0 Å². The minimum atomic E-state index is -0.142. The van der Waals surface area contributed by atoms with Crippen molar-refractivity contribution in [2.45, 2.75) is 19.3 Å². The summed E-state index contributed by atoms with van der Waals surface area (Å²) in [6.45, 7) is 4.75. The standard InChI is InChI=1S/C37H26N4/c1-37(2)28-14-6-3-11-23(28)25-19-20-26-24-12-4-7-15-29(24)40(35(26)34(25)37)31-17-9-18-32-33(31)27-13-5-8-16-30(27)41(32)36-38-21-10-22-39-36/h3-22H,1-2H3. The Labute approximate surface area is 237 Å². The number of benzene rings is 5. The van der Waals surface area contributed by atoms with Gasteiger partial charge in [0.1, 0.15) is 0 Å². The number of aromatic nitrogens is 4. The molecule has 3 heterocycles. The first-order chi connectivity index (χ1) is 20.1. The van der Waals surface area contributed by atoms with Gasteiger partial charge >= 0.3 is 0 Å². The summed E-state index contributed by atoms with van der Waals surface area (Å²) in [6, 6.07) is 39.5. The third-order valence-electron chi connectivity index (χ3n) is 9.02. The second-order valence-electron chi connectivity index (χ2n) is 11.5. The highest BCUT2D eigenvalue weighted by atomic mass is 15.2. The number of hydrogen-bond donors (Lipinski definition) is 0. The van der Waals surface area contributed by atoms with Gasteiger partial charge in [0.05, 0.1) is 27.8 Å². The van der Waals surface area contributed by atoms with E-state index in [1.807, 2.05) is 18.5 Å². The monoisotopic (exact) mass is 526 g/mol. The van der Waals surface area contributed by atoms with E-state index in [9.17, 15) is 0 Å². The Hall–Kier alpha value is -5.22. The lowest BCUT2D eigenvalue weighted by Crippen LogP contribution is -2.16. The Balaban J connectivity index is 1.49. The Morgan fingerprint density at radius 1 is 0.537 bits per heavy atom. The van der Waals surface area contributed by atoms with Crippen LogP contribution in [0.2, 0.25) is 0 Å². The minimum Gasteiger partial charge on any atom is -0.308 e. The van der Waals surface area contributed by atoms with Gasteiger partial charge in [-0.1, -0.05) is 92.7 Å². The second kappa shape index (κ2) is 7.92. The smallest absolute Gasteiger partial charge is 0.234 e. The molecule has 0 amide bonds. The van der Waals surface area contributed by atoms with E-state index in [4.69, 9.17) is 0 Å². The molecule has 1 aliphatic rings. The van der Waals surface area contributed by atoms with Gasteiger partial charge in [0.25, 0.3) is 0 Å². The minimum absolute atomic E-state index is 0.142. The maximum absolute atomic E-state index is 4.65. The van der Waals surface area contributed by atoms with Crippen molar-refractivity contribution in [1.82, 2.24) is 19.1 Å². The van der Waals surface area contributed by atoms with E-state index in [0.717, 1.165) is 11.0 Å². The van der Waals surface area contributed by atoms with Crippen LogP contribution in [0.25, 0.3) is 66.4 Å². The molecule has 8 aromatic rings. The van der Waals surface area contributed by atoms with Gasteiger partial charge in [-0.15, -0.1) is 0 Å². The zero-order valence-electron chi connectivity index (χ0n) is 22.8. The predicted octanol–water partition coefficient (Wildman–Crippen LogP) is 8.98. The fourth-order valence-electron chi connectivity index (χ4n) is 7.37. The van der Waals surface area contributed by atoms with E-state index in [0.29, 0.717) is 5.95 Å². The van der Waals surface area contributed by atoms with Crippen LogP contribution in [-0.2, 0) is 5.41 Å².